The summed E-state index contributed by atoms with van der Waals surface area (Å²) in [5.41, 5.74) is 8.87. The third kappa shape index (κ3) is 2.00. The monoisotopic (exact) mass is 201 g/mol. The topological polar surface area (TPSA) is 43.1 Å². The maximum atomic E-state index is 10.8. The van der Waals surface area contributed by atoms with Gasteiger partial charge in [0.15, 0.2) is 0 Å². The number of benzene rings is 1. The summed E-state index contributed by atoms with van der Waals surface area (Å²) in [6, 6.07) is 8.27. The molecule has 1 aliphatic rings. The Kier molecular flexibility index (Phi) is 2.45. The van der Waals surface area contributed by atoms with E-state index in [0.29, 0.717) is 6.42 Å². The van der Waals surface area contributed by atoms with E-state index in [1.165, 1.54) is 16.7 Å². The first kappa shape index (κ1) is 10.1. The molecule has 2 rings (SSSR count). The van der Waals surface area contributed by atoms with Crippen molar-refractivity contribution in [1.82, 2.24) is 0 Å². The summed E-state index contributed by atoms with van der Waals surface area (Å²) in [6.45, 7) is 1.77. The average Bonchev–Trinajstić information content (AvgIpc) is 2.62. The van der Waals surface area contributed by atoms with E-state index in [1.54, 1.807) is 6.92 Å². The van der Waals surface area contributed by atoms with E-state index < -0.39 is 5.54 Å². The standard InChI is InChI=1S/C13H15NO/c1-13(14,9-15)8-11-7-6-10-4-2-3-5-12(10)11/h2-5,7,9H,6,8,14H2,1H3/t13-/m0/s1. The lowest BCUT2D eigenvalue weighted by Crippen LogP contribution is -2.37. The molecule has 78 valence electrons. The second-order valence-corrected chi connectivity index (χ2v) is 4.39. The highest BCUT2D eigenvalue weighted by Crippen LogP contribution is 2.31. The lowest BCUT2D eigenvalue weighted by atomic mass is 9.92. The molecule has 0 aromatic heterocycles. The van der Waals surface area contributed by atoms with Gasteiger partial charge in [0.2, 0.25) is 0 Å². The molecule has 2 heteroatoms. The Balaban J connectivity index is 2.24. The van der Waals surface area contributed by atoms with Crippen molar-refractivity contribution in [2.75, 3.05) is 0 Å². The van der Waals surface area contributed by atoms with Crippen LogP contribution in [0.3, 0.4) is 0 Å². The van der Waals surface area contributed by atoms with Crippen LogP contribution in [0.4, 0.5) is 0 Å². The van der Waals surface area contributed by atoms with E-state index in [9.17, 15) is 4.79 Å². The second-order valence-electron chi connectivity index (χ2n) is 4.39. The summed E-state index contributed by atoms with van der Waals surface area (Å²) in [5.74, 6) is 0. The van der Waals surface area contributed by atoms with Crippen molar-refractivity contribution in [2.45, 2.75) is 25.3 Å². The minimum atomic E-state index is -0.747. The highest BCUT2D eigenvalue weighted by atomic mass is 16.1. The van der Waals surface area contributed by atoms with Crippen molar-refractivity contribution < 1.29 is 4.79 Å². The number of fused-ring (bicyclic) bond motifs is 1. The molecule has 0 fully saturated rings. The van der Waals surface area contributed by atoms with Gasteiger partial charge in [-0.15, -0.1) is 0 Å². The molecule has 1 aromatic carbocycles. The molecule has 0 radical (unpaired) electrons. The van der Waals surface area contributed by atoms with Crippen molar-refractivity contribution in [3.8, 4) is 0 Å². The first-order chi connectivity index (χ1) is 7.12. The minimum absolute atomic E-state index is 0.619. The number of hydrogen-bond donors (Lipinski definition) is 1. The SMILES string of the molecule is C[C@@](N)(C=O)CC1=CCc2ccccc21. The molecule has 2 N–H and O–H groups in total. The van der Waals surface area contributed by atoms with Gasteiger partial charge in [0.1, 0.15) is 6.29 Å². The number of hydrogen-bond acceptors (Lipinski definition) is 2. The molecule has 0 saturated carbocycles. The number of carbonyl (C=O) groups excluding carboxylic acids is 1. The van der Waals surface area contributed by atoms with E-state index >= 15 is 0 Å². The number of nitrogens with two attached hydrogens (primary N) is 1. The van der Waals surface area contributed by atoms with Gasteiger partial charge < -0.3 is 10.5 Å². The Hall–Kier alpha value is -1.41. The molecular weight excluding hydrogens is 186 g/mol. The fourth-order valence-corrected chi connectivity index (χ4v) is 1.97. The van der Waals surface area contributed by atoms with E-state index in [1.807, 2.05) is 12.1 Å². The number of rotatable bonds is 3. The van der Waals surface area contributed by atoms with Crippen LogP contribution in [-0.2, 0) is 11.2 Å². The highest BCUT2D eigenvalue weighted by Gasteiger charge is 2.23. The quantitative estimate of drug-likeness (QED) is 0.759. The summed E-state index contributed by atoms with van der Waals surface area (Å²) >= 11 is 0. The maximum Gasteiger partial charge on any atom is 0.139 e. The van der Waals surface area contributed by atoms with Crippen LogP contribution in [0.25, 0.3) is 5.57 Å². The number of carbonyl (C=O) groups is 1. The second kappa shape index (κ2) is 3.63. The summed E-state index contributed by atoms with van der Waals surface area (Å²) in [7, 11) is 0. The number of aldehydes is 1. The third-order valence-corrected chi connectivity index (χ3v) is 2.77. The van der Waals surface area contributed by atoms with Crippen LogP contribution < -0.4 is 5.73 Å². The molecule has 0 unspecified atom stereocenters. The Labute approximate surface area is 89.8 Å². The van der Waals surface area contributed by atoms with Crippen molar-refractivity contribution >= 4 is 11.9 Å². The van der Waals surface area contributed by atoms with Crippen molar-refractivity contribution in [1.29, 1.82) is 0 Å². The zero-order valence-corrected chi connectivity index (χ0v) is 8.86. The molecule has 15 heavy (non-hydrogen) atoms. The molecule has 0 saturated heterocycles. The van der Waals surface area contributed by atoms with Gasteiger partial charge in [0, 0.05) is 0 Å². The average molecular weight is 201 g/mol. The first-order valence-corrected chi connectivity index (χ1v) is 5.15. The zero-order valence-electron chi connectivity index (χ0n) is 8.86. The van der Waals surface area contributed by atoms with Gasteiger partial charge in [0.05, 0.1) is 5.54 Å². The molecular formula is C13H15NO. The van der Waals surface area contributed by atoms with Gasteiger partial charge in [-0.1, -0.05) is 30.3 Å². The Morgan fingerprint density at radius 1 is 1.47 bits per heavy atom. The molecule has 0 spiro atoms. The van der Waals surface area contributed by atoms with Crippen LogP contribution >= 0.6 is 0 Å². The van der Waals surface area contributed by atoms with E-state index in [0.717, 1.165) is 12.7 Å². The van der Waals surface area contributed by atoms with Crippen LogP contribution in [0.5, 0.6) is 0 Å². The summed E-state index contributed by atoms with van der Waals surface area (Å²) in [4.78, 5) is 10.8. The van der Waals surface area contributed by atoms with Crippen LogP contribution in [-0.4, -0.2) is 11.8 Å². The Morgan fingerprint density at radius 3 is 2.93 bits per heavy atom. The highest BCUT2D eigenvalue weighted by molar-refractivity contribution is 5.77. The predicted molar refractivity (Wildman–Crippen MR) is 61.4 cm³/mol. The molecule has 0 heterocycles. The Morgan fingerprint density at radius 2 is 2.20 bits per heavy atom. The molecule has 0 bridgehead atoms. The van der Waals surface area contributed by atoms with Gasteiger partial charge in [0.25, 0.3) is 0 Å². The van der Waals surface area contributed by atoms with Crippen molar-refractivity contribution in [3.63, 3.8) is 0 Å². The lowest BCUT2D eigenvalue weighted by Gasteiger charge is -2.18. The largest absolute Gasteiger partial charge is 0.319 e. The van der Waals surface area contributed by atoms with E-state index in [4.69, 9.17) is 5.73 Å². The van der Waals surface area contributed by atoms with Crippen LogP contribution in [0.15, 0.2) is 30.3 Å². The van der Waals surface area contributed by atoms with Crippen LogP contribution in [0.1, 0.15) is 24.5 Å². The summed E-state index contributed by atoms with van der Waals surface area (Å²) in [6.07, 6.45) is 4.57. The van der Waals surface area contributed by atoms with Gasteiger partial charge in [-0.05, 0) is 36.5 Å². The van der Waals surface area contributed by atoms with Crippen molar-refractivity contribution in [2.24, 2.45) is 5.73 Å². The fraction of sp³-hybridized carbons (Fsp3) is 0.308. The maximum absolute atomic E-state index is 10.8. The van der Waals surface area contributed by atoms with Crippen LogP contribution in [0, 0.1) is 0 Å². The molecule has 1 atom stereocenters. The van der Waals surface area contributed by atoms with Gasteiger partial charge in [-0.3, -0.25) is 0 Å². The normalized spacial score (nSPS) is 17.9. The minimum Gasteiger partial charge on any atom is -0.319 e. The van der Waals surface area contributed by atoms with Gasteiger partial charge in [-0.25, -0.2) is 0 Å². The molecule has 0 amide bonds. The first-order valence-electron chi connectivity index (χ1n) is 5.15. The zero-order chi connectivity index (χ0) is 10.9. The van der Waals surface area contributed by atoms with Gasteiger partial charge >= 0.3 is 0 Å². The molecule has 2 nitrogen and oxygen atoms in total. The molecule has 1 aliphatic carbocycles. The fourth-order valence-electron chi connectivity index (χ4n) is 1.97. The molecule has 1 aromatic rings. The van der Waals surface area contributed by atoms with Crippen molar-refractivity contribution in [3.05, 3.63) is 41.5 Å². The smallest absolute Gasteiger partial charge is 0.139 e. The van der Waals surface area contributed by atoms with E-state index in [2.05, 4.69) is 18.2 Å². The lowest BCUT2D eigenvalue weighted by molar-refractivity contribution is -0.111. The number of allylic oxidation sites excluding steroid dienone is 1. The predicted octanol–water partition coefficient (Wildman–Crippen LogP) is 1.93. The van der Waals surface area contributed by atoms with E-state index in [-0.39, 0.29) is 0 Å². The van der Waals surface area contributed by atoms with Crippen LogP contribution in [0.2, 0.25) is 0 Å². The van der Waals surface area contributed by atoms with Gasteiger partial charge in [-0.2, -0.15) is 0 Å². The Bertz CT molecular complexity index is 418. The summed E-state index contributed by atoms with van der Waals surface area (Å²) in [5, 5.41) is 0. The third-order valence-electron chi connectivity index (χ3n) is 2.77. The summed E-state index contributed by atoms with van der Waals surface area (Å²) < 4.78 is 0. The molecule has 0 aliphatic heterocycles.